The number of carboxylic acids is 1. The summed E-state index contributed by atoms with van der Waals surface area (Å²) in [7, 11) is 0. The molecule has 0 fully saturated rings. The van der Waals surface area contributed by atoms with Gasteiger partial charge in [-0.3, -0.25) is 19.7 Å². The van der Waals surface area contributed by atoms with Gasteiger partial charge >= 0.3 is 11.7 Å². The van der Waals surface area contributed by atoms with Gasteiger partial charge in [0.2, 0.25) is 5.82 Å². The molecule has 0 aromatic heterocycles. The molecule has 0 bridgehead atoms. The van der Waals surface area contributed by atoms with Gasteiger partial charge in [0, 0.05) is 18.2 Å². The average molecular weight is 256 g/mol. The topological polar surface area (TPSA) is 110 Å². The van der Waals surface area contributed by atoms with Crippen LogP contribution in [-0.4, -0.2) is 28.5 Å². The molecule has 0 heterocycles. The fourth-order valence-corrected chi connectivity index (χ4v) is 1.18. The second-order valence-corrected chi connectivity index (χ2v) is 3.32. The van der Waals surface area contributed by atoms with Crippen LogP contribution in [0.25, 0.3) is 0 Å². The maximum Gasteiger partial charge on any atom is 0.305 e. The zero-order chi connectivity index (χ0) is 13.7. The number of nitrogens with one attached hydrogen (secondary N) is 1. The minimum atomic E-state index is -1.08. The van der Waals surface area contributed by atoms with Crippen molar-refractivity contribution in [3.63, 3.8) is 0 Å². The van der Waals surface area contributed by atoms with Gasteiger partial charge in [-0.15, -0.1) is 0 Å². The number of aliphatic carboxylic acids is 1. The van der Waals surface area contributed by atoms with Gasteiger partial charge in [-0.05, 0) is 12.1 Å². The van der Waals surface area contributed by atoms with Crippen molar-refractivity contribution in [2.75, 3.05) is 6.54 Å². The number of hydrogen-bond acceptors (Lipinski definition) is 4. The molecule has 0 radical (unpaired) electrons. The van der Waals surface area contributed by atoms with Crippen LogP contribution in [0.1, 0.15) is 16.8 Å². The number of hydrogen-bond donors (Lipinski definition) is 2. The molecule has 18 heavy (non-hydrogen) atoms. The van der Waals surface area contributed by atoms with E-state index in [0.717, 1.165) is 18.2 Å². The van der Waals surface area contributed by atoms with Crippen molar-refractivity contribution in [2.24, 2.45) is 0 Å². The molecule has 0 unspecified atom stereocenters. The lowest BCUT2D eigenvalue weighted by Crippen LogP contribution is -2.26. The number of rotatable bonds is 5. The summed E-state index contributed by atoms with van der Waals surface area (Å²) in [4.78, 5) is 31.2. The molecule has 1 amide bonds. The monoisotopic (exact) mass is 256 g/mol. The summed E-state index contributed by atoms with van der Waals surface area (Å²) < 4.78 is 13.0. The smallest absolute Gasteiger partial charge is 0.305 e. The molecule has 0 aliphatic rings. The van der Waals surface area contributed by atoms with Crippen molar-refractivity contribution < 1.29 is 24.0 Å². The number of nitro benzene ring substituents is 1. The van der Waals surface area contributed by atoms with Crippen LogP contribution in [0.15, 0.2) is 18.2 Å². The van der Waals surface area contributed by atoms with E-state index >= 15 is 0 Å². The molecule has 1 rings (SSSR count). The summed E-state index contributed by atoms with van der Waals surface area (Å²) in [5.41, 5.74) is -0.908. The number of carbonyl (C=O) groups is 2. The molecule has 1 aromatic carbocycles. The van der Waals surface area contributed by atoms with Crippen molar-refractivity contribution in [1.82, 2.24) is 5.32 Å². The Kier molecular flexibility index (Phi) is 4.30. The van der Waals surface area contributed by atoms with E-state index in [9.17, 15) is 24.1 Å². The van der Waals surface area contributed by atoms with E-state index in [1.807, 2.05) is 0 Å². The Balaban J connectivity index is 2.77. The minimum absolute atomic E-state index is 0.103. The summed E-state index contributed by atoms with van der Waals surface area (Å²) in [5, 5.41) is 21.1. The van der Waals surface area contributed by atoms with Crippen LogP contribution in [0.5, 0.6) is 0 Å². The molecule has 8 heteroatoms. The van der Waals surface area contributed by atoms with E-state index in [1.165, 1.54) is 0 Å². The van der Waals surface area contributed by atoms with Crippen molar-refractivity contribution in [2.45, 2.75) is 6.42 Å². The third-order valence-corrected chi connectivity index (χ3v) is 2.03. The Labute approximate surface area is 100 Å². The lowest BCUT2D eigenvalue weighted by atomic mass is 10.2. The molecule has 0 saturated carbocycles. The van der Waals surface area contributed by atoms with Crippen molar-refractivity contribution in [3.05, 3.63) is 39.7 Å². The zero-order valence-electron chi connectivity index (χ0n) is 9.05. The highest BCUT2D eigenvalue weighted by atomic mass is 19.1. The first-order chi connectivity index (χ1) is 8.41. The van der Waals surface area contributed by atoms with Gasteiger partial charge in [-0.1, -0.05) is 0 Å². The van der Waals surface area contributed by atoms with E-state index in [-0.39, 0.29) is 18.5 Å². The maximum atomic E-state index is 13.0. The second kappa shape index (κ2) is 5.71. The van der Waals surface area contributed by atoms with Crippen molar-refractivity contribution in [1.29, 1.82) is 0 Å². The first-order valence-electron chi connectivity index (χ1n) is 4.85. The number of carboxylic acid groups (broad SMARTS) is 1. The minimum Gasteiger partial charge on any atom is -0.481 e. The third-order valence-electron chi connectivity index (χ3n) is 2.03. The molecule has 96 valence electrons. The number of nitrogens with zero attached hydrogens (tertiary/aromatic N) is 1. The molecule has 1 aromatic rings. The van der Waals surface area contributed by atoms with Crippen LogP contribution in [0.4, 0.5) is 10.1 Å². The number of carbonyl (C=O) groups excluding carboxylic acids is 1. The number of benzene rings is 1. The van der Waals surface area contributed by atoms with Gasteiger partial charge in [0.1, 0.15) is 0 Å². The third kappa shape index (κ3) is 3.51. The normalized spacial score (nSPS) is 9.83. The molecule has 0 aliphatic heterocycles. The van der Waals surface area contributed by atoms with Gasteiger partial charge in [0.15, 0.2) is 0 Å². The molecule has 0 atom stereocenters. The second-order valence-electron chi connectivity index (χ2n) is 3.32. The summed E-state index contributed by atoms with van der Waals surface area (Å²) in [6.45, 7) is -0.112. The van der Waals surface area contributed by atoms with E-state index in [2.05, 4.69) is 5.32 Å². The predicted octanol–water partition coefficient (Wildman–Crippen LogP) is 0.938. The van der Waals surface area contributed by atoms with Crippen LogP contribution in [0.3, 0.4) is 0 Å². The lowest BCUT2D eigenvalue weighted by Gasteiger charge is -2.03. The molecule has 7 nitrogen and oxygen atoms in total. The SMILES string of the molecule is O=C(O)CCNC(=O)c1ccc(F)c([N+](=O)[O-])c1. The van der Waals surface area contributed by atoms with Gasteiger partial charge in [0.25, 0.3) is 5.91 Å². The highest BCUT2D eigenvalue weighted by molar-refractivity contribution is 5.94. The Hall–Kier alpha value is -2.51. The van der Waals surface area contributed by atoms with Crippen LogP contribution in [0, 0.1) is 15.9 Å². The van der Waals surface area contributed by atoms with Gasteiger partial charge in [-0.2, -0.15) is 4.39 Å². The summed E-state index contributed by atoms with van der Waals surface area (Å²) in [6, 6.07) is 2.69. The maximum absolute atomic E-state index is 13.0. The van der Waals surface area contributed by atoms with Crippen LogP contribution >= 0.6 is 0 Å². The van der Waals surface area contributed by atoms with E-state index in [0.29, 0.717) is 0 Å². The largest absolute Gasteiger partial charge is 0.481 e. The van der Waals surface area contributed by atoms with E-state index in [4.69, 9.17) is 5.11 Å². The fraction of sp³-hybridized carbons (Fsp3) is 0.200. The Morgan fingerprint density at radius 1 is 1.44 bits per heavy atom. The highest BCUT2D eigenvalue weighted by Crippen LogP contribution is 2.18. The van der Waals surface area contributed by atoms with Crippen molar-refractivity contribution >= 4 is 17.6 Å². The van der Waals surface area contributed by atoms with E-state index < -0.39 is 28.3 Å². The number of nitro groups is 1. The van der Waals surface area contributed by atoms with Crippen LogP contribution in [-0.2, 0) is 4.79 Å². The highest BCUT2D eigenvalue weighted by Gasteiger charge is 2.17. The molecule has 2 N–H and O–H groups in total. The zero-order valence-corrected chi connectivity index (χ0v) is 9.05. The molecular weight excluding hydrogens is 247 g/mol. The van der Waals surface area contributed by atoms with Crippen LogP contribution in [0.2, 0.25) is 0 Å². The summed E-state index contributed by atoms with van der Waals surface area (Å²) in [6.07, 6.45) is -0.269. The van der Waals surface area contributed by atoms with E-state index in [1.54, 1.807) is 0 Å². The van der Waals surface area contributed by atoms with Crippen molar-refractivity contribution in [3.8, 4) is 0 Å². The fourth-order valence-electron chi connectivity index (χ4n) is 1.18. The summed E-state index contributed by atoms with van der Waals surface area (Å²) >= 11 is 0. The Bertz CT molecular complexity index is 503. The first-order valence-corrected chi connectivity index (χ1v) is 4.85. The Morgan fingerprint density at radius 2 is 2.11 bits per heavy atom. The predicted molar refractivity (Wildman–Crippen MR) is 57.6 cm³/mol. The number of halogens is 1. The first kappa shape index (κ1) is 13.6. The van der Waals surface area contributed by atoms with Gasteiger partial charge in [-0.25, -0.2) is 0 Å². The molecular formula is C10H9FN2O5. The van der Waals surface area contributed by atoms with Gasteiger partial charge < -0.3 is 10.4 Å². The molecule has 0 aliphatic carbocycles. The molecule has 0 spiro atoms. The van der Waals surface area contributed by atoms with Gasteiger partial charge in [0.05, 0.1) is 11.3 Å². The average Bonchev–Trinajstić information content (AvgIpc) is 2.28. The Morgan fingerprint density at radius 3 is 2.67 bits per heavy atom. The van der Waals surface area contributed by atoms with Crippen LogP contribution < -0.4 is 5.32 Å². The summed E-state index contributed by atoms with van der Waals surface area (Å²) in [5.74, 6) is -2.82. The standard InChI is InChI=1S/C10H9FN2O5/c11-7-2-1-6(5-8(7)13(17)18)10(16)12-4-3-9(14)15/h1-2,5H,3-4H2,(H,12,16)(H,14,15). The number of amides is 1. The quantitative estimate of drug-likeness (QED) is 0.601. The molecule has 0 saturated heterocycles. The lowest BCUT2D eigenvalue weighted by molar-refractivity contribution is -0.387.